The monoisotopic (exact) mass is 363 g/mol. The van der Waals surface area contributed by atoms with Crippen molar-refractivity contribution in [2.24, 2.45) is 11.1 Å². The number of carbonyl (C=O) groups excluding carboxylic acids is 2. The first-order chi connectivity index (χ1) is 12.1. The second-order valence-electron chi connectivity index (χ2n) is 7.26. The number of Topliss-reactive ketones (excluding diaryl/α,β-unsaturated/α-hetero) is 1. The smallest absolute Gasteiger partial charge is 0.340 e. The Bertz CT molecular complexity index is 870. The summed E-state index contributed by atoms with van der Waals surface area (Å²) in [5.41, 5.74) is 5.98. The molecule has 1 heterocycles. The van der Waals surface area contributed by atoms with Crippen molar-refractivity contribution in [1.29, 1.82) is 0 Å². The molecule has 1 aromatic carbocycles. The van der Waals surface area contributed by atoms with E-state index in [4.69, 9.17) is 15.2 Å². The number of halogens is 2. The van der Waals surface area contributed by atoms with E-state index in [1.807, 2.05) is 13.8 Å². The summed E-state index contributed by atoms with van der Waals surface area (Å²) in [5.74, 6) is -3.93. The lowest BCUT2D eigenvalue weighted by Crippen LogP contribution is -2.35. The van der Waals surface area contributed by atoms with Crippen molar-refractivity contribution in [3.8, 4) is 0 Å². The van der Waals surface area contributed by atoms with Gasteiger partial charge in [-0.15, -0.1) is 0 Å². The van der Waals surface area contributed by atoms with E-state index in [9.17, 15) is 18.4 Å². The van der Waals surface area contributed by atoms with Crippen molar-refractivity contribution in [3.63, 3.8) is 0 Å². The minimum absolute atomic E-state index is 0.0923. The van der Waals surface area contributed by atoms with Crippen LogP contribution in [0.3, 0.4) is 0 Å². The highest BCUT2D eigenvalue weighted by Crippen LogP contribution is 2.48. The topological polar surface area (TPSA) is 78.6 Å². The third-order valence-electron chi connectivity index (χ3n) is 4.64. The molecule has 0 saturated carbocycles. The summed E-state index contributed by atoms with van der Waals surface area (Å²) in [6, 6.07) is 3.23. The summed E-state index contributed by atoms with van der Waals surface area (Å²) < 4.78 is 37.5. The van der Waals surface area contributed by atoms with Crippen LogP contribution in [0.25, 0.3) is 0 Å². The zero-order chi connectivity index (χ0) is 19.2. The third kappa shape index (κ3) is 2.98. The van der Waals surface area contributed by atoms with Crippen molar-refractivity contribution >= 4 is 11.8 Å². The van der Waals surface area contributed by atoms with Gasteiger partial charge in [-0.3, -0.25) is 4.79 Å². The number of nitrogens with two attached hydrogens (primary N) is 1. The predicted molar refractivity (Wildman–Crippen MR) is 88.5 cm³/mol. The van der Waals surface area contributed by atoms with Crippen LogP contribution in [0, 0.1) is 17.0 Å². The van der Waals surface area contributed by atoms with Crippen LogP contribution in [0.15, 0.2) is 41.0 Å². The molecule has 2 N–H and O–H groups in total. The molecule has 1 unspecified atom stereocenters. The van der Waals surface area contributed by atoms with Gasteiger partial charge in [0, 0.05) is 18.4 Å². The molecular weight excluding hydrogens is 344 g/mol. The number of benzene rings is 1. The zero-order valence-corrected chi connectivity index (χ0v) is 14.7. The molecule has 3 rings (SSSR count). The molecule has 0 radical (unpaired) electrons. The Labute approximate surface area is 149 Å². The van der Waals surface area contributed by atoms with Crippen LogP contribution in [0.5, 0.6) is 0 Å². The van der Waals surface area contributed by atoms with Gasteiger partial charge in [-0.1, -0.05) is 19.9 Å². The lowest BCUT2D eigenvalue weighted by molar-refractivity contribution is -0.136. The van der Waals surface area contributed by atoms with Crippen molar-refractivity contribution < 1.29 is 27.8 Å². The molecule has 0 bridgehead atoms. The van der Waals surface area contributed by atoms with Gasteiger partial charge in [0.15, 0.2) is 17.4 Å². The van der Waals surface area contributed by atoms with Crippen LogP contribution in [0.4, 0.5) is 8.78 Å². The Morgan fingerprint density at radius 3 is 2.58 bits per heavy atom. The number of ketones is 1. The van der Waals surface area contributed by atoms with Crippen molar-refractivity contribution in [2.75, 3.05) is 7.11 Å². The molecule has 1 aliphatic carbocycles. The van der Waals surface area contributed by atoms with Crippen molar-refractivity contribution in [3.05, 3.63) is 58.2 Å². The van der Waals surface area contributed by atoms with E-state index in [1.165, 1.54) is 13.2 Å². The summed E-state index contributed by atoms with van der Waals surface area (Å²) in [7, 11) is 1.17. The number of methoxy groups -OCH3 is 1. The molecule has 138 valence electrons. The molecular formula is C19H19F2NO4. The molecule has 7 heteroatoms. The lowest BCUT2D eigenvalue weighted by atomic mass is 9.70. The molecule has 2 aliphatic rings. The Hall–Kier alpha value is -2.70. The molecule has 26 heavy (non-hydrogen) atoms. The summed E-state index contributed by atoms with van der Waals surface area (Å²) in [5, 5.41) is 0. The summed E-state index contributed by atoms with van der Waals surface area (Å²) in [4.78, 5) is 25.1. The molecule has 1 atom stereocenters. The maximum atomic E-state index is 13.8. The molecule has 0 fully saturated rings. The van der Waals surface area contributed by atoms with Crippen LogP contribution in [0.2, 0.25) is 0 Å². The quantitative estimate of drug-likeness (QED) is 0.817. The fourth-order valence-corrected chi connectivity index (χ4v) is 3.52. The number of hydrogen-bond acceptors (Lipinski definition) is 5. The molecule has 0 aromatic heterocycles. The fourth-order valence-electron chi connectivity index (χ4n) is 3.52. The third-order valence-corrected chi connectivity index (χ3v) is 4.64. The highest BCUT2D eigenvalue weighted by molar-refractivity contribution is 6.03. The van der Waals surface area contributed by atoms with Crippen LogP contribution < -0.4 is 5.73 Å². The Balaban J connectivity index is 2.22. The summed E-state index contributed by atoms with van der Waals surface area (Å²) >= 11 is 0. The average Bonchev–Trinajstić information content (AvgIpc) is 2.54. The van der Waals surface area contributed by atoms with E-state index < -0.39 is 23.5 Å². The first-order valence-electron chi connectivity index (χ1n) is 8.11. The van der Waals surface area contributed by atoms with E-state index in [0.29, 0.717) is 12.2 Å². The first-order valence-corrected chi connectivity index (χ1v) is 8.11. The minimum Gasteiger partial charge on any atom is -0.465 e. The molecule has 1 aromatic rings. The number of esters is 1. The predicted octanol–water partition coefficient (Wildman–Crippen LogP) is 3.07. The van der Waals surface area contributed by atoms with Crippen LogP contribution >= 0.6 is 0 Å². The standard InChI is InChI=1S/C19H19F2NO4/c1-19(2)7-12(23)15-13(8-19)26-17(22)16(18(24)25-3)14(15)9-4-5-10(20)11(21)6-9/h4-6,14H,7-8,22H2,1-3H3. The summed E-state index contributed by atoms with van der Waals surface area (Å²) in [6.45, 7) is 3.83. The molecule has 0 spiro atoms. The molecule has 0 amide bonds. The Kier molecular flexibility index (Phi) is 4.34. The van der Waals surface area contributed by atoms with Gasteiger partial charge in [-0.2, -0.15) is 0 Å². The van der Waals surface area contributed by atoms with Crippen LogP contribution in [-0.4, -0.2) is 18.9 Å². The normalized spacial score (nSPS) is 22.0. The number of ether oxygens (including phenoxy) is 2. The average molecular weight is 363 g/mol. The fraction of sp³-hybridized carbons (Fsp3) is 0.368. The lowest BCUT2D eigenvalue weighted by Gasteiger charge is -2.37. The van der Waals surface area contributed by atoms with Crippen molar-refractivity contribution in [1.82, 2.24) is 0 Å². The van der Waals surface area contributed by atoms with E-state index in [2.05, 4.69) is 0 Å². The van der Waals surface area contributed by atoms with Gasteiger partial charge in [0.1, 0.15) is 11.3 Å². The summed E-state index contributed by atoms with van der Waals surface area (Å²) in [6.07, 6.45) is 0.674. The van der Waals surface area contributed by atoms with Gasteiger partial charge < -0.3 is 15.2 Å². The zero-order valence-electron chi connectivity index (χ0n) is 14.7. The number of carbonyl (C=O) groups is 2. The van der Waals surface area contributed by atoms with Gasteiger partial charge in [0.05, 0.1) is 13.0 Å². The Morgan fingerprint density at radius 2 is 1.96 bits per heavy atom. The highest BCUT2D eigenvalue weighted by atomic mass is 19.2. The molecule has 5 nitrogen and oxygen atoms in total. The second-order valence-corrected chi connectivity index (χ2v) is 7.26. The largest absolute Gasteiger partial charge is 0.465 e. The van der Waals surface area contributed by atoms with E-state index in [1.54, 1.807) is 0 Å². The van der Waals surface area contributed by atoms with Gasteiger partial charge in [-0.25, -0.2) is 13.6 Å². The molecule has 1 aliphatic heterocycles. The first kappa shape index (κ1) is 18.1. The molecule has 0 saturated heterocycles. The number of allylic oxidation sites excluding steroid dienone is 2. The van der Waals surface area contributed by atoms with Crippen LogP contribution in [-0.2, 0) is 19.1 Å². The van der Waals surface area contributed by atoms with E-state index in [-0.39, 0.29) is 40.2 Å². The number of rotatable bonds is 2. The van der Waals surface area contributed by atoms with Crippen LogP contribution in [0.1, 0.15) is 38.2 Å². The van der Waals surface area contributed by atoms with E-state index in [0.717, 1.165) is 12.1 Å². The van der Waals surface area contributed by atoms with Gasteiger partial charge in [-0.05, 0) is 23.1 Å². The minimum atomic E-state index is -1.08. The number of hydrogen-bond donors (Lipinski definition) is 1. The second kappa shape index (κ2) is 6.23. The Morgan fingerprint density at radius 1 is 1.27 bits per heavy atom. The maximum Gasteiger partial charge on any atom is 0.340 e. The maximum absolute atomic E-state index is 13.8. The van der Waals surface area contributed by atoms with Crippen molar-refractivity contribution in [2.45, 2.75) is 32.6 Å². The SMILES string of the molecule is COC(=O)C1=C(N)OC2=C(C(=O)CC(C)(C)C2)C1c1ccc(F)c(F)c1. The van der Waals surface area contributed by atoms with Gasteiger partial charge in [0.25, 0.3) is 0 Å². The van der Waals surface area contributed by atoms with Gasteiger partial charge >= 0.3 is 5.97 Å². The van der Waals surface area contributed by atoms with E-state index >= 15 is 0 Å². The highest BCUT2D eigenvalue weighted by Gasteiger charge is 2.45. The van der Waals surface area contributed by atoms with Gasteiger partial charge in [0.2, 0.25) is 5.88 Å².